The van der Waals surface area contributed by atoms with E-state index in [1.54, 1.807) is 26.2 Å². The number of imidazole rings is 1. The molecule has 0 atom stereocenters. The van der Waals surface area contributed by atoms with Crippen LogP contribution in [0.4, 0.5) is 5.69 Å². The highest BCUT2D eigenvalue weighted by molar-refractivity contribution is 7.89. The van der Waals surface area contributed by atoms with Gasteiger partial charge in [0.05, 0.1) is 22.5 Å². The Bertz CT molecular complexity index is 1130. The molecule has 2 aromatic carbocycles. The lowest BCUT2D eigenvalue weighted by atomic mass is 10.0. The summed E-state index contributed by atoms with van der Waals surface area (Å²) in [5.41, 5.74) is 4.40. The summed E-state index contributed by atoms with van der Waals surface area (Å²) in [4.78, 5) is 7.55. The summed E-state index contributed by atoms with van der Waals surface area (Å²) in [6.07, 6.45) is 3.24. The van der Waals surface area contributed by atoms with Crippen LogP contribution in [0.2, 0.25) is 0 Å². The van der Waals surface area contributed by atoms with Crippen LogP contribution in [0.1, 0.15) is 31.2 Å². The zero-order valence-electron chi connectivity index (χ0n) is 17.3. The smallest absolute Gasteiger partial charge is 0.242 e. The van der Waals surface area contributed by atoms with Crippen molar-refractivity contribution >= 4 is 26.7 Å². The Kier molecular flexibility index (Phi) is 5.36. The number of benzene rings is 2. The molecule has 0 N–H and O–H groups in total. The van der Waals surface area contributed by atoms with Crippen molar-refractivity contribution in [3.8, 4) is 0 Å². The summed E-state index contributed by atoms with van der Waals surface area (Å²) in [7, 11) is -0.378. The van der Waals surface area contributed by atoms with Crippen LogP contribution in [-0.2, 0) is 29.5 Å². The third-order valence-corrected chi connectivity index (χ3v) is 7.37. The van der Waals surface area contributed by atoms with Gasteiger partial charge in [-0.2, -0.15) is 0 Å². The third kappa shape index (κ3) is 3.65. The van der Waals surface area contributed by atoms with Gasteiger partial charge in [-0.25, -0.2) is 17.7 Å². The first kappa shape index (κ1) is 19.9. The Hall–Kier alpha value is -2.38. The molecule has 0 saturated heterocycles. The van der Waals surface area contributed by atoms with Crippen molar-refractivity contribution in [2.75, 3.05) is 25.5 Å². The molecule has 0 fully saturated rings. The maximum absolute atomic E-state index is 12.5. The van der Waals surface area contributed by atoms with Crippen LogP contribution in [-0.4, -0.2) is 42.9 Å². The fraction of sp³-hybridized carbons (Fsp3) is 0.409. The molecule has 0 amide bonds. The lowest BCUT2D eigenvalue weighted by molar-refractivity contribution is 0.521. The minimum atomic E-state index is -3.48. The van der Waals surface area contributed by atoms with Gasteiger partial charge in [0, 0.05) is 32.9 Å². The first-order valence-corrected chi connectivity index (χ1v) is 11.6. The van der Waals surface area contributed by atoms with Gasteiger partial charge in [0.15, 0.2) is 0 Å². The summed E-state index contributed by atoms with van der Waals surface area (Å²) in [6, 6.07) is 13.8. The van der Waals surface area contributed by atoms with E-state index < -0.39 is 10.0 Å². The second-order valence-corrected chi connectivity index (χ2v) is 9.92. The summed E-state index contributed by atoms with van der Waals surface area (Å²) in [5.74, 6) is 0.984. The van der Waals surface area contributed by atoms with Crippen LogP contribution in [0.25, 0.3) is 11.0 Å². The standard InChI is InChI=1S/C22H28N4O2S/c1-4-13-26-21-12-11-18(29(27,28)24(2)3)15-19(21)23-22(26)16-25-14-7-9-17-8-5-6-10-20(17)25/h5-6,8,10-12,15H,4,7,9,13-14,16H2,1-3H3. The number of fused-ring (bicyclic) bond motifs is 2. The lowest BCUT2D eigenvalue weighted by Gasteiger charge is -2.31. The van der Waals surface area contributed by atoms with Gasteiger partial charge < -0.3 is 9.47 Å². The van der Waals surface area contributed by atoms with E-state index in [2.05, 4.69) is 40.7 Å². The second-order valence-electron chi connectivity index (χ2n) is 7.77. The first-order chi connectivity index (χ1) is 13.9. The highest BCUT2D eigenvalue weighted by Crippen LogP contribution is 2.29. The SMILES string of the molecule is CCCn1c(CN2CCCc3ccccc32)nc2cc(S(=O)(=O)N(C)C)ccc21. The number of nitrogens with zero attached hydrogens (tertiary/aromatic N) is 4. The predicted molar refractivity (Wildman–Crippen MR) is 117 cm³/mol. The zero-order valence-corrected chi connectivity index (χ0v) is 18.1. The molecule has 1 aliphatic rings. The molecule has 0 bridgehead atoms. The normalized spacial score (nSPS) is 14.6. The van der Waals surface area contributed by atoms with E-state index in [9.17, 15) is 8.42 Å². The second kappa shape index (κ2) is 7.80. The van der Waals surface area contributed by atoms with Crippen LogP contribution in [0.5, 0.6) is 0 Å². The van der Waals surface area contributed by atoms with Crippen LogP contribution in [0, 0.1) is 0 Å². The van der Waals surface area contributed by atoms with Crippen molar-refractivity contribution in [3.05, 3.63) is 53.9 Å². The highest BCUT2D eigenvalue weighted by Gasteiger charge is 2.22. The Balaban J connectivity index is 1.75. The third-order valence-electron chi connectivity index (χ3n) is 5.56. The number of anilines is 1. The first-order valence-electron chi connectivity index (χ1n) is 10.2. The van der Waals surface area contributed by atoms with Crippen molar-refractivity contribution in [3.63, 3.8) is 0 Å². The van der Waals surface area contributed by atoms with Crippen molar-refractivity contribution in [1.29, 1.82) is 0 Å². The van der Waals surface area contributed by atoms with Gasteiger partial charge in [-0.1, -0.05) is 25.1 Å². The van der Waals surface area contributed by atoms with Gasteiger partial charge in [-0.3, -0.25) is 0 Å². The van der Waals surface area contributed by atoms with E-state index in [0.717, 1.165) is 55.8 Å². The number of hydrogen-bond donors (Lipinski definition) is 0. The molecule has 6 nitrogen and oxygen atoms in total. The van der Waals surface area contributed by atoms with Gasteiger partial charge in [-0.15, -0.1) is 0 Å². The molecule has 29 heavy (non-hydrogen) atoms. The summed E-state index contributed by atoms with van der Waals surface area (Å²) < 4.78 is 28.5. The van der Waals surface area contributed by atoms with Crippen molar-refractivity contribution < 1.29 is 8.42 Å². The number of hydrogen-bond acceptors (Lipinski definition) is 4. The number of rotatable bonds is 6. The molecule has 1 aromatic heterocycles. The molecule has 0 radical (unpaired) electrons. The maximum Gasteiger partial charge on any atom is 0.242 e. The van der Waals surface area contributed by atoms with E-state index in [-0.39, 0.29) is 4.90 Å². The Morgan fingerprint density at radius 1 is 1.14 bits per heavy atom. The van der Waals surface area contributed by atoms with E-state index in [1.807, 2.05) is 6.07 Å². The van der Waals surface area contributed by atoms with Gasteiger partial charge in [0.25, 0.3) is 0 Å². The van der Waals surface area contributed by atoms with Gasteiger partial charge in [0.1, 0.15) is 5.82 Å². The number of aromatic nitrogens is 2. The molecule has 0 aliphatic carbocycles. The monoisotopic (exact) mass is 412 g/mol. The summed E-state index contributed by atoms with van der Waals surface area (Å²) >= 11 is 0. The van der Waals surface area contributed by atoms with Crippen molar-refractivity contribution in [2.24, 2.45) is 0 Å². The molecule has 0 saturated carbocycles. The number of aryl methyl sites for hydroxylation is 2. The van der Waals surface area contributed by atoms with E-state index in [0.29, 0.717) is 0 Å². The molecule has 3 aromatic rings. The minimum absolute atomic E-state index is 0.283. The van der Waals surface area contributed by atoms with Crippen LogP contribution in [0.15, 0.2) is 47.4 Å². The zero-order chi connectivity index (χ0) is 20.6. The summed E-state index contributed by atoms with van der Waals surface area (Å²) in [6.45, 7) is 4.74. The molecule has 0 unspecified atom stereocenters. The van der Waals surface area contributed by atoms with E-state index in [4.69, 9.17) is 4.98 Å². The van der Waals surface area contributed by atoms with Crippen LogP contribution < -0.4 is 4.90 Å². The van der Waals surface area contributed by atoms with Gasteiger partial charge >= 0.3 is 0 Å². The largest absolute Gasteiger partial charge is 0.364 e. The molecule has 4 rings (SSSR count). The maximum atomic E-state index is 12.5. The molecule has 7 heteroatoms. The molecule has 154 valence electrons. The van der Waals surface area contributed by atoms with Crippen molar-refractivity contribution in [1.82, 2.24) is 13.9 Å². The molecular weight excluding hydrogens is 384 g/mol. The van der Waals surface area contributed by atoms with E-state index in [1.165, 1.54) is 15.6 Å². The summed E-state index contributed by atoms with van der Waals surface area (Å²) in [5, 5.41) is 0. The fourth-order valence-electron chi connectivity index (χ4n) is 4.07. The average Bonchev–Trinajstić information content (AvgIpc) is 3.05. The van der Waals surface area contributed by atoms with E-state index >= 15 is 0 Å². The Morgan fingerprint density at radius 3 is 2.69 bits per heavy atom. The highest BCUT2D eigenvalue weighted by atomic mass is 32.2. The molecule has 0 spiro atoms. The Morgan fingerprint density at radius 2 is 1.93 bits per heavy atom. The topological polar surface area (TPSA) is 58.4 Å². The predicted octanol–water partition coefficient (Wildman–Crippen LogP) is 3.65. The van der Waals surface area contributed by atoms with Crippen LogP contribution in [0.3, 0.4) is 0 Å². The van der Waals surface area contributed by atoms with Gasteiger partial charge in [0.2, 0.25) is 10.0 Å². The van der Waals surface area contributed by atoms with Gasteiger partial charge in [-0.05, 0) is 49.1 Å². The number of para-hydroxylation sites is 1. The molecular formula is C22H28N4O2S. The molecule has 2 heterocycles. The van der Waals surface area contributed by atoms with Crippen molar-refractivity contribution in [2.45, 2.75) is 44.2 Å². The quantitative estimate of drug-likeness (QED) is 0.620. The molecule has 1 aliphatic heterocycles. The fourth-order valence-corrected chi connectivity index (χ4v) is 4.99. The number of sulfonamides is 1. The average molecular weight is 413 g/mol. The Labute approximate surface area is 172 Å². The lowest BCUT2D eigenvalue weighted by Crippen LogP contribution is -2.30. The van der Waals surface area contributed by atoms with Crippen LogP contribution >= 0.6 is 0 Å². The minimum Gasteiger partial charge on any atom is -0.364 e.